The summed E-state index contributed by atoms with van der Waals surface area (Å²) in [5.74, 6) is -4.16. The highest BCUT2D eigenvalue weighted by molar-refractivity contribution is 6.36. The van der Waals surface area contributed by atoms with E-state index in [0.717, 1.165) is 14.0 Å². The quantitative estimate of drug-likeness (QED) is 0.827. The van der Waals surface area contributed by atoms with E-state index in [4.69, 9.17) is 33.4 Å². The SMILES string of the molecule is CN(C(=O)c1ccc(Cl)cc1Cl)C(C)(C(=O)O)C(=O)O. The van der Waals surface area contributed by atoms with Crippen LogP contribution >= 0.6 is 23.2 Å². The highest BCUT2D eigenvalue weighted by Gasteiger charge is 2.48. The van der Waals surface area contributed by atoms with Gasteiger partial charge in [-0.3, -0.25) is 4.79 Å². The number of carboxylic acids is 2. The molecule has 0 saturated heterocycles. The Morgan fingerprint density at radius 2 is 1.65 bits per heavy atom. The summed E-state index contributed by atoms with van der Waals surface area (Å²) in [6.07, 6.45) is 0. The lowest BCUT2D eigenvalue weighted by atomic mass is 9.99. The molecule has 1 amide bonds. The summed E-state index contributed by atoms with van der Waals surface area (Å²) >= 11 is 11.5. The number of benzene rings is 1. The van der Waals surface area contributed by atoms with Gasteiger partial charge in [0.05, 0.1) is 10.6 Å². The molecule has 0 heterocycles. The Labute approximate surface area is 124 Å². The average Bonchev–Trinajstić information content (AvgIpc) is 2.35. The molecule has 0 unspecified atom stereocenters. The standard InChI is InChI=1S/C12H11Cl2NO5/c1-12(10(17)18,11(19)20)15(2)9(16)7-4-3-6(13)5-8(7)14/h3-5H,1-2H3,(H,17,18)(H,19,20). The van der Waals surface area contributed by atoms with E-state index in [-0.39, 0.29) is 10.6 Å². The third-order valence-electron chi connectivity index (χ3n) is 2.97. The Morgan fingerprint density at radius 1 is 1.15 bits per heavy atom. The van der Waals surface area contributed by atoms with Gasteiger partial charge in [0.25, 0.3) is 5.91 Å². The van der Waals surface area contributed by atoms with Crippen LogP contribution in [0.2, 0.25) is 10.0 Å². The molecule has 0 spiro atoms. The zero-order valence-electron chi connectivity index (χ0n) is 10.6. The van der Waals surface area contributed by atoms with Crippen molar-refractivity contribution in [2.45, 2.75) is 12.5 Å². The summed E-state index contributed by atoms with van der Waals surface area (Å²) in [4.78, 5) is 35.1. The topological polar surface area (TPSA) is 94.9 Å². The van der Waals surface area contributed by atoms with Crippen molar-refractivity contribution in [2.75, 3.05) is 7.05 Å². The van der Waals surface area contributed by atoms with Crippen LogP contribution in [0, 0.1) is 0 Å². The molecule has 0 aliphatic heterocycles. The van der Waals surface area contributed by atoms with Crippen LogP contribution in [0.1, 0.15) is 17.3 Å². The minimum absolute atomic E-state index is 0.00692. The van der Waals surface area contributed by atoms with Crippen LogP contribution in [0.5, 0.6) is 0 Å². The predicted octanol–water partition coefficient (Wildman–Crippen LogP) is 1.99. The largest absolute Gasteiger partial charge is 0.479 e. The van der Waals surface area contributed by atoms with Gasteiger partial charge in [0.2, 0.25) is 5.54 Å². The number of likely N-dealkylation sites (N-methyl/N-ethyl adjacent to an activating group) is 1. The molecule has 0 bridgehead atoms. The van der Waals surface area contributed by atoms with E-state index >= 15 is 0 Å². The molecular formula is C12H11Cl2NO5. The second-order valence-corrected chi connectivity index (χ2v) is 5.01. The van der Waals surface area contributed by atoms with Crippen molar-refractivity contribution < 1.29 is 24.6 Å². The summed E-state index contributed by atoms with van der Waals surface area (Å²) in [5.41, 5.74) is -2.44. The van der Waals surface area contributed by atoms with Crippen LogP contribution in [0.3, 0.4) is 0 Å². The molecular weight excluding hydrogens is 309 g/mol. The molecule has 8 heteroatoms. The summed E-state index contributed by atoms with van der Waals surface area (Å²) in [6, 6.07) is 4.00. The van der Waals surface area contributed by atoms with Gasteiger partial charge in [0.1, 0.15) is 0 Å². The fourth-order valence-electron chi connectivity index (χ4n) is 1.43. The zero-order chi connectivity index (χ0) is 15.7. The van der Waals surface area contributed by atoms with Crippen molar-refractivity contribution in [1.29, 1.82) is 0 Å². The first-order valence-corrected chi connectivity index (χ1v) is 6.08. The number of halogens is 2. The van der Waals surface area contributed by atoms with Gasteiger partial charge in [-0.15, -0.1) is 0 Å². The van der Waals surface area contributed by atoms with Crippen LogP contribution in [0.25, 0.3) is 0 Å². The fourth-order valence-corrected chi connectivity index (χ4v) is 1.91. The molecule has 0 aliphatic carbocycles. The van der Waals surface area contributed by atoms with Gasteiger partial charge in [-0.25, -0.2) is 9.59 Å². The Kier molecular flexibility index (Phi) is 4.62. The maximum Gasteiger partial charge on any atom is 0.341 e. The molecule has 1 rings (SSSR count). The number of nitrogens with zero attached hydrogens (tertiary/aromatic N) is 1. The van der Waals surface area contributed by atoms with Gasteiger partial charge >= 0.3 is 11.9 Å². The maximum absolute atomic E-state index is 12.2. The summed E-state index contributed by atoms with van der Waals surface area (Å²) < 4.78 is 0. The molecule has 0 atom stereocenters. The Balaban J connectivity index is 3.26. The lowest BCUT2D eigenvalue weighted by Crippen LogP contribution is -2.58. The summed E-state index contributed by atoms with van der Waals surface area (Å²) in [6.45, 7) is 0.916. The predicted molar refractivity (Wildman–Crippen MR) is 72.2 cm³/mol. The minimum atomic E-state index is -2.40. The first kappa shape index (κ1) is 16.3. The monoisotopic (exact) mass is 319 g/mol. The highest BCUT2D eigenvalue weighted by Crippen LogP contribution is 2.25. The van der Waals surface area contributed by atoms with Crippen LogP contribution in [-0.2, 0) is 9.59 Å². The van der Waals surface area contributed by atoms with Gasteiger partial charge in [-0.2, -0.15) is 0 Å². The number of hydrogen-bond acceptors (Lipinski definition) is 3. The van der Waals surface area contributed by atoms with Gasteiger partial charge in [0, 0.05) is 12.1 Å². The van der Waals surface area contributed by atoms with Gasteiger partial charge in [-0.1, -0.05) is 23.2 Å². The third kappa shape index (κ3) is 2.71. The molecule has 0 saturated carbocycles. The lowest BCUT2D eigenvalue weighted by Gasteiger charge is -2.31. The van der Waals surface area contributed by atoms with Crippen LogP contribution in [0.15, 0.2) is 18.2 Å². The zero-order valence-corrected chi connectivity index (χ0v) is 12.1. The van der Waals surface area contributed by atoms with E-state index in [1.54, 1.807) is 0 Å². The number of hydrogen-bond donors (Lipinski definition) is 2. The molecule has 1 aromatic carbocycles. The van der Waals surface area contributed by atoms with Crippen molar-refractivity contribution in [2.24, 2.45) is 0 Å². The number of aliphatic carboxylic acids is 2. The Morgan fingerprint density at radius 3 is 2.05 bits per heavy atom. The van der Waals surface area contributed by atoms with Gasteiger partial charge in [-0.05, 0) is 25.1 Å². The minimum Gasteiger partial charge on any atom is -0.479 e. The molecule has 2 N–H and O–H groups in total. The van der Waals surface area contributed by atoms with E-state index in [1.807, 2.05) is 0 Å². The normalized spacial score (nSPS) is 11.0. The van der Waals surface area contributed by atoms with E-state index in [9.17, 15) is 14.4 Å². The molecule has 20 heavy (non-hydrogen) atoms. The van der Waals surface area contributed by atoms with Crippen LogP contribution in [-0.4, -0.2) is 45.5 Å². The van der Waals surface area contributed by atoms with Gasteiger partial charge in [0.15, 0.2) is 0 Å². The second-order valence-electron chi connectivity index (χ2n) is 4.17. The fraction of sp³-hybridized carbons (Fsp3) is 0.250. The van der Waals surface area contributed by atoms with Crippen molar-refractivity contribution in [3.05, 3.63) is 33.8 Å². The molecule has 0 radical (unpaired) electrons. The number of carbonyl (C=O) groups excluding carboxylic acids is 1. The van der Waals surface area contributed by atoms with Crippen molar-refractivity contribution in [1.82, 2.24) is 4.90 Å². The van der Waals surface area contributed by atoms with E-state index in [1.165, 1.54) is 18.2 Å². The number of amides is 1. The molecule has 0 aromatic heterocycles. The number of carboxylic acid groups (broad SMARTS) is 2. The van der Waals surface area contributed by atoms with Crippen LogP contribution in [0.4, 0.5) is 0 Å². The van der Waals surface area contributed by atoms with Gasteiger partial charge < -0.3 is 15.1 Å². The molecule has 0 fully saturated rings. The van der Waals surface area contributed by atoms with Crippen molar-refractivity contribution in [3.63, 3.8) is 0 Å². The average molecular weight is 320 g/mol. The van der Waals surface area contributed by atoms with E-state index in [2.05, 4.69) is 0 Å². The number of carbonyl (C=O) groups is 3. The second kappa shape index (κ2) is 5.68. The Bertz CT molecular complexity index is 573. The lowest BCUT2D eigenvalue weighted by molar-refractivity contribution is -0.163. The third-order valence-corrected chi connectivity index (χ3v) is 3.52. The maximum atomic E-state index is 12.2. The molecule has 1 aromatic rings. The van der Waals surface area contributed by atoms with Crippen molar-refractivity contribution in [3.8, 4) is 0 Å². The summed E-state index contributed by atoms with van der Waals surface area (Å²) in [5, 5.41) is 18.4. The van der Waals surface area contributed by atoms with Crippen molar-refractivity contribution >= 4 is 41.0 Å². The van der Waals surface area contributed by atoms with E-state index in [0.29, 0.717) is 9.92 Å². The van der Waals surface area contributed by atoms with Crippen LogP contribution < -0.4 is 0 Å². The summed E-state index contributed by atoms with van der Waals surface area (Å²) in [7, 11) is 1.08. The smallest absolute Gasteiger partial charge is 0.341 e. The molecule has 0 aliphatic rings. The van der Waals surface area contributed by atoms with E-state index < -0.39 is 23.4 Å². The first-order chi connectivity index (χ1) is 9.12. The Hall–Kier alpha value is -1.79. The molecule has 6 nitrogen and oxygen atoms in total. The highest BCUT2D eigenvalue weighted by atomic mass is 35.5. The number of rotatable bonds is 4. The first-order valence-electron chi connectivity index (χ1n) is 5.32. The molecule has 108 valence electrons.